The quantitative estimate of drug-likeness (QED) is 0.391. The minimum absolute atomic E-state index is 0.225. The molecule has 1 aromatic carbocycles. The summed E-state index contributed by atoms with van der Waals surface area (Å²) in [5.41, 5.74) is 0.537. The van der Waals surface area contributed by atoms with Crippen molar-refractivity contribution in [1.82, 2.24) is 10.6 Å². The van der Waals surface area contributed by atoms with Crippen molar-refractivity contribution in [2.45, 2.75) is 12.1 Å². The van der Waals surface area contributed by atoms with E-state index in [2.05, 4.69) is 17.2 Å². The third-order valence-corrected chi connectivity index (χ3v) is 3.18. The van der Waals surface area contributed by atoms with Crippen molar-refractivity contribution in [3.8, 4) is 5.75 Å². The predicted octanol–water partition coefficient (Wildman–Crippen LogP) is 0.920. The zero-order valence-electron chi connectivity index (χ0n) is 12.5. The average Bonchev–Trinajstić information content (AvgIpc) is 2.56. The average molecular weight is 324 g/mol. The maximum absolute atomic E-state index is 11.9. The van der Waals surface area contributed by atoms with Crippen molar-refractivity contribution in [2.24, 2.45) is 0 Å². The number of aliphatic hydroxyl groups is 1. The van der Waals surface area contributed by atoms with Crippen LogP contribution in [0.1, 0.15) is 11.7 Å². The van der Waals surface area contributed by atoms with E-state index in [4.69, 9.17) is 21.7 Å². The van der Waals surface area contributed by atoms with Crippen molar-refractivity contribution in [3.05, 3.63) is 42.5 Å². The number of esters is 1. The van der Waals surface area contributed by atoms with Gasteiger partial charge in [0, 0.05) is 6.54 Å². The lowest BCUT2D eigenvalue weighted by atomic mass is 10.0. The lowest BCUT2D eigenvalue weighted by molar-refractivity contribution is -0.145. The van der Waals surface area contributed by atoms with Gasteiger partial charge in [-0.25, -0.2) is 4.79 Å². The molecule has 22 heavy (non-hydrogen) atoms. The van der Waals surface area contributed by atoms with Gasteiger partial charge in [0.1, 0.15) is 11.9 Å². The van der Waals surface area contributed by atoms with Gasteiger partial charge in [0.15, 0.2) is 11.2 Å². The molecule has 6 nitrogen and oxygen atoms in total. The van der Waals surface area contributed by atoms with Crippen LogP contribution < -0.4 is 15.4 Å². The Morgan fingerprint density at radius 2 is 2.05 bits per heavy atom. The highest BCUT2D eigenvalue weighted by Crippen LogP contribution is 2.21. The molecule has 0 fully saturated rings. The van der Waals surface area contributed by atoms with Crippen LogP contribution in [0.5, 0.6) is 5.75 Å². The molecule has 0 spiro atoms. The Kier molecular flexibility index (Phi) is 7.34. The van der Waals surface area contributed by atoms with E-state index in [1.54, 1.807) is 37.5 Å². The van der Waals surface area contributed by atoms with E-state index in [0.717, 1.165) is 0 Å². The van der Waals surface area contributed by atoms with Gasteiger partial charge >= 0.3 is 5.97 Å². The minimum Gasteiger partial charge on any atom is -0.497 e. The van der Waals surface area contributed by atoms with Crippen LogP contribution in [0.4, 0.5) is 0 Å². The number of carbonyl (C=O) groups excluding carboxylic acids is 1. The summed E-state index contributed by atoms with van der Waals surface area (Å²) in [6.07, 6.45) is 0.503. The molecule has 3 N–H and O–H groups in total. The number of benzene rings is 1. The Morgan fingerprint density at radius 1 is 1.41 bits per heavy atom. The number of hydrogen-bond acceptors (Lipinski definition) is 5. The Hall–Kier alpha value is -2.12. The van der Waals surface area contributed by atoms with Crippen molar-refractivity contribution in [1.29, 1.82) is 0 Å². The van der Waals surface area contributed by atoms with Crippen LogP contribution in [-0.4, -0.2) is 43.0 Å². The maximum atomic E-state index is 11.9. The van der Waals surface area contributed by atoms with Gasteiger partial charge in [-0.05, 0) is 29.9 Å². The normalized spacial score (nSPS) is 12.7. The van der Waals surface area contributed by atoms with Crippen molar-refractivity contribution in [3.63, 3.8) is 0 Å². The number of rotatable bonds is 7. The molecular weight excluding hydrogens is 304 g/mol. The summed E-state index contributed by atoms with van der Waals surface area (Å²) in [4.78, 5) is 11.9. The van der Waals surface area contributed by atoms with Crippen molar-refractivity contribution < 1.29 is 19.4 Å². The first kappa shape index (κ1) is 17.9. The summed E-state index contributed by atoms with van der Waals surface area (Å²) >= 11 is 5.06. The van der Waals surface area contributed by atoms with Gasteiger partial charge in [0.25, 0.3) is 0 Å². The lowest BCUT2D eigenvalue weighted by Gasteiger charge is -2.23. The molecule has 1 aromatic rings. The van der Waals surface area contributed by atoms with Crippen LogP contribution >= 0.6 is 12.2 Å². The SMILES string of the molecule is C=CCNC(=S)NC(C(=O)OC)C(O)c1ccc(OC)cc1. The van der Waals surface area contributed by atoms with Crippen molar-refractivity contribution >= 4 is 23.3 Å². The van der Waals surface area contributed by atoms with Crippen LogP contribution in [0.15, 0.2) is 36.9 Å². The highest BCUT2D eigenvalue weighted by atomic mass is 32.1. The molecule has 2 atom stereocenters. The molecule has 2 unspecified atom stereocenters. The van der Waals surface area contributed by atoms with Gasteiger partial charge in [0.2, 0.25) is 0 Å². The fourth-order valence-corrected chi connectivity index (χ4v) is 1.95. The molecular formula is C15H20N2O4S. The van der Waals surface area contributed by atoms with Gasteiger partial charge in [-0.15, -0.1) is 6.58 Å². The first-order chi connectivity index (χ1) is 10.5. The number of hydrogen-bond donors (Lipinski definition) is 3. The molecule has 0 amide bonds. The molecule has 0 aliphatic heterocycles. The zero-order valence-corrected chi connectivity index (χ0v) is 13.4. The van der Waals surface area contributed by atoms with E-state index in [1.807, 2.05) is 0 Å². The molecule has 0 radical (unpaired) electrons. The molecule has 0 saturated carbocycles. The molecule has 120 valence electrons. The second kappa shape index (κ2) is 9.01. The molecule has 0 saturated heterocycles. The number of nitrogens with one attached hydrogen (secondary N) is 2. The Balaban J connectivity index is 2.87. The highest BCUT2D eigenvalue weighted by Gasteiger charge is 2.29. The fourth-order valence-electron chi connectivity index (χ4n) is 1.74. The summed E-state index contributed by atoms with van der Waals surface area (Å²) in [6, 6.07) is 5.70. The molecule has 0 aliphatic rings. The summed E-state index contributed by atoms with van der Waals surface area (Å²) in [7, 11) is 2.80. The summed E-state index contributed by atoms with van der Waals surface area (Å²) in [6.45, 7) is 4.00. The first-order valence-electron chi connectivity index (χ1n) is 6.58. The molecule has 7 heteroatoms. The molecule has 0 heterocycles. The van der Waals surface area contributed by atoms with Crippen LogP contribution in [0.3, 0.4) is 0 Å². The Morgan fingerprint density at radius 3 is 2.55 bits per heavy atom. The largest absolute Gasteiger partial charge is 0.497 e. The minimum atomic E-state index is -1.12. The topological polar surface area (TPSA) is 79.8 Å². The molecule has 0 aliphatic carbocycles. The monoisotopic (exact) mass is 324 g/mol. The molecule has 0 aromatic heterocycles. The Bertz CT molecular complexity index is 519. The third kappa shape index (κ3) is 5.01. The number of carbonyl (C=O) groups is 1. The number of methoxy groups -OCH3 is 2. The van der Waals surface area contributed by atoms with Crippen LogP contribution in [0.25, 0.3) is 0 Å². The van der Waals surface area contributed by atoms with Crippen molar-refractivity contribution in [2.75, 3.05) is 20.8 Å². The second-order valence-electron chi connectivity index (χ2n) is 4.36. The van der Waals surface area contributed by atoms with Gasteiger partial charge < -0.3 is 25.2 Å². The van der Waals surface area contributed by atoms with Crippen LogP contribution in [0.2, 0.25) is 0 Å². The van der Waals surface area contributed by atoms with Crippen LogP contribution in [-0.2, 0) is 9.53 Å². The standard InChI is InChI=1S/C15H20N2O4S/c1-4-9-16-15(22)17-12(14(19)21-3)13(18)10-5-7-11(20-2)8-6-10/h4-8,12-13,18H,1,9H2,2-3H3,(H2,16,17,22). The summed E-state index contributed by atoms with van der Waals surface area (Å²) in [5.74, 6) is 0.0350. The molecule has 1 rings (SSSR count). The van der Waals surface area contributed by atoms with E-state index in [1.165, 1.54) is 7.11 Å². The molecule has 0 bridgehead atoms. The Labute approximate surface area is 135 Å². The lowest BCUT2D eigenvalue weighted by Crippen LogP contribution is -2.49. The zero-order chi connectivity index (χ0) is 16.5. The van der Waals surface area contributed by atoms with E-state index >= 15 is 0 Å². The van der Waals surface area contributed by atoms with Gasteiger partial charge in [-0.1, -0.05) is 18.2 Å². The smallest absolute Gasteiger partial charge is 0.331 e. The van der Waals surface area contributed by atoms with E-state index in [0.29, 0.717) is 17.9 Å². The highest BCUT2D eigenvalue weighted by molar-refractivity contribution is 7.80. The number of aliphatic hydroxyl groups excluding tert-OH is 1. The van der Waals surface area contributed by atoms with Crippen LogP contribution in [0, 0.1) is 0 Å². The summed E-state index contributed by atoms with van der Waals surface area (Å²) < 4.78 is 9.77. The number of ether oxygens (including phenoxy) is 2. The third-order valence-electron chi connectivity index (χ3n) is 2.92. The van der Waals surface area contributed by atoms with Gasteiger partial charge in [-0.2, -0.15) is 0 Å². The predicted molar refractivity (Wildman–Crippen MR) is 87.7 cm³/mol. The fraction of sp³-hybridized carbons (Fsp3) is 0.333. The number of thiocarbonyl (C=S) groups is 1. The first-order valence-corrected chi connectivity index (χ1v) is 6.99. The summed E-state index contributed by atoms with van der Waals surface area (Å²) in [5, 5.41) is 16.2. The van der Waals surface area contributed by atoms with Gasteiger partial charge in [0.05, 0.1) is 14.2 Å². The van der Waals surface area contributed by atoms with E-state index in [-0.39, 0.29) is 5.11 Å². The van der Waals surface area contributed by atoms with E-state index < -0.39 is 18.1 Å². The van der Waals surface area contributed by atoms with Gasteiger partial charge in [-0.3, -0.25) is 0 Å². The second-order valence-corrected chi connectivity index (χ2v) is 4.77. The van der Waals surface area contributed by atoms with E-state index in [9.17, 15) is 9.90 Å². The maximum Gasteiger partial charge on any atom is 0.331 e.